The van der Waals surface area contributed by atoms with Crippen LogP contribution in [0.5, 0.6) is 17.2 Å². The van der Waals surface area contributed by atoms with Gasteiger partial charge in [-0.3, -0.25) is 4.99 Å². The predicted molar refractivity (Wildman–Crippen MR) is 127 cm³/mol. The minimum atomic E-state index is 0. The maximum Gasteiger partial charge on any atom is 0.191 e. The molecule has 0 amide bonds. The molecule has 2 N–H and O–H groups in total. The second-order valence-electron chi connectivity index (χ2n) is 6.56. The van der Waals surface area contributed by atoms with Crippen molar-refractivity contribution in [1.29, 1.82) is 0 Å². The quantitative estimate of drug-likeness (QED) is 0.323. The monoisotopic (exact) mass is 511 g/mol. The normalized spacial score (nSPS) is 12.4. The predicted octanol–water partition coefficient (Wildman–Crippen LogP) is 3.55. The van der Waals surface area contributed by atoms with Crippen LogP contribution in [0, 0.1) is 0 Å². The Labute approximate surface area is 190 Å². The van der Waals surface area contributed by atoms with Gasteiger partial charge in [-0.2, -0.15) is 0 Å². The minimum Gasteiger partial charge on any atom is -0.493 e. The van der Waals surface area contributed by atoms with Gasteiger partial charge in [0, 0.05) is 26.6 Å². The zero-order valence-corrected chi connectivity index (χ0v) is 19.6. The lowest BCUT2D eigenvalue weighted by Gasteiger charge is -2.14. The van der Waals surface area contributed by atoms with E-state index >= 15 is 0 Å². The van der Waals surface area contributed by atoms with Gasteiger partial charge in [-0.15, -0.1) is 24.0 Å². The van der Waals surface area contributed by atoms with Gasteiger partial charge in [-0.05, 0) is 48.2 Å². The Morgan fingerprint density at radius 1 is 1.10 bits per heavy atom. The summed E-state index contributed by atoms with van der Waals surface area (Å²) in [5.41, 5.74) is 3.72. The van der Waals surface area contributed by atoms with E-state index in [0.717, 1.165) is 54.8 Å². The van der Waals surface area contributed by atoms with Crippen LogP contribution in [0.25, 0.3) is 0 Å². The van der Waals surface area contributed by atoms with Crippen molar-refractivity contribution >= 4 is 29.9 Å². The summed E-state index contributed by atoms with van der Waals surface area (Å²) in [5, 5.41) is 6.71. The van der Waals surface area contributed by atoms with E-state index in [4.69, 9.17) is 14.2 Å². The first kappa shape index (κ1) is 23.1. The molecule has 1 aliphatic heterocycles. The molecule has 1 aliphatic rings. The molecule has 1 heterocycles. The lowest BCUT2D eigenvalue weighted by molar-refractivity contribution is 0.310. The topological polar surface area (TPSA) is 64.1 Å². The van der Waals surface area contributed by atoms with E-state index in [-0.39, 0.29) is 24.0 Å². The number of nitrogens with zero attached hydrogens (tertiary/aromatic N) is 1. The van der Waals surface area contributed by atoms with Crippen molar-refractivity contribution < 1.29 is 14.2 Å². The summed E-state index contributed by atoms with van der Waals surface area (Å²) >= 11 is 0. The fraction of sp³-hybridized carbons (Fsp3) is 0.409. The maximum atomic E-state index is 5.56. The summed E-state index contributed by atoms with van der Waals surface area (Å²) in [6.07, 6.45) is 1.94. The Morgan fingerprint density at radius 3 is 2.69 bits per heavy atom. The van der Waals surface area contributed by atoms with E-state index in [1.54, 1.807) is 14.2 Å². The molecule has 0 bridgehead atoms. The van der Waals surface area contributed by atoms with E-state index in [0.29, 0.717) is 13.2 Å². The summed E-state index contributed by atoms with van der Waals surface area (Å²) in [6.45, 7) is 4.83. The number of benzene rings is 2. The highest BCUT2D eigenvalue weighted by Crippen LogP contribution is 2.28. The van der Waals surface area contributed by atoms with Crippen LogP contribution in [0.15, 0.2) is 41.4 Å². The minimum absolute atomic E-state index is 0. The standard InChI is InChI=1S/C22H29N3O3.HI/c1-4-27-20-8-6-17(14-21(20)26-3)15-25-22(23-2)24-11-9-16-5-7-19-18(13-16)10-12-28-19;/h5-8,13-14H,4,9-12,15H2,1-3H3,(H2,23,24,25);1H. The second-order valence-corrected chi connectivity index (χ2v) is 6.56. The number of aliphatic imine (C=N–C) groups is 1. The van der Waals surface area contributed by atoms with Gasteiger partial charge in [0.15, 0.2) is 17.5 Å². The summed E-state index contributed by atoms with van der Waals surface area (Å²) in [7, 11) is 3.43. The van der Waals surface area contributed by atoms with Crippen molar-refractivity contribution in [3.05, 3.63) is 53.1 Å². The zero-order chi connectivity index (χ0) is 19.8. The number of nitrogens with one attached hydrogen (secondary N) is 2. The number of guanidine groups is 1. The first-order valence-corrected chi connectivity index (χ1v) is 9.72. The number of hydrogen-bond acceptors (Lipinski definition) is 4. The highest BCUT2D eigenvalue weighted by atomic mass is 127. The van der Waals surface area contributed by atoms with Crippen molar-refractivity contribution in [3.8, 4) is 17.2 Å². The van der Waals surface area contributed by atoms with Gasteiger partial charge in [-0.1, -0.05) is 18.2 Å². The van der Waals surface area contributed by atoms with Crippen molar-refractivity contribution in [2.24, 2.45) is 4.99 Å². The second kappa shape index (κ2) is 11.7. The van der Waals surface area contributed by atoms with Crippen molar-refractivity contribution in [2.45, 2.75) is 26.3 Å². The van der Waals surface area contributed by atoms with E-state index in [9.17, 15) is 0 Å². The number of rotatable bonds is 8. The first-order chi connectivity index (χ1) is 13.7. The molecule has 0 saturated carbocycles. The highest BCUT2D eigenvalue weighted by Gasteiger charge is 2.12. The molecular weight excluding hydrogens is 481 g/mol. The SMILES string of the molecule is CCOc1ccc(CNC(=NC)NCCc2ccc3c(c2)CCO3)cc1OC.I. The molecule has 0 unspecified atom stereocenters. The fourth-order valence-electron chi connectivity index (χ4n) is 3.22. The Kier molecular flexibility index (Phi) is 9.37. The van der Waals surface area contributed by atoms with Crippen LogP contribution in [0.4, 0.5) is 0 Å². The molecule has 0 fully saturated rings. The van der Waals surface area contributed by atoms with Crippen molar-refractivity contribution in [2.75, 3.05) is 33.9 Å². The number of halogens is 1. The molecule has 0 spiro atoms. The van der Waals surface area contributed by atoms with Crippen LogP contribution in [0.1, 0.15) is 23.6 Å². The van der Waals surface area contributed by atoms with Crippen molar-refractivity contribution in [3.63, 3.8) is 0 Å². The largest absolute Gasteiger partial charge is 0.493 e. The Bertz CT molecular complexity index is 827. The molecule has 0 aromatic heterocycles. The van der Waals surface area contributed by atoms with Gasteiger partial charge in [0.25, 0.3) is 0 Å². The third-order valence-electron chi connectivity index (χ3n) is 4.67. The molecule has 0 radical (unpaired) electrons. The molecule has 0 saturated heterocycles. The number of ether oxygens (including phenoxy) is 3. The van der Waals surface area contributed by atoms with Gasteiger partial charge in [0.05, 0.1) is 20.3 Å². The van der Waals surface area contributed by atoms with Gasteiger partial charge < -0.3 is 24.8 Å². The van der Waals surface area contributed by atoms with Crippen LogP contribution < -0.4 is 24.8 Å². The molecule has 158 valence electrons. The Hall–Kier alpha value is -2.16. The first-order valence-electron chi connectivity index (χ1n) is 9.72. The number of fused-ring (bicyclic) bond motifs is 1. The van der Waals surface area contributed by atoms with E-state index in [2.05, 4.69) is 33.8 Å². The number of hydrogen-bond donors (Lipinski definition) is 2. The maximum absolute atomic E-state index is 5.56. The zero-order valence-electron chi connectivity index (χ0n) is 17.3. The molecule has 0 aliphatic carbocycles. The Balaban J connectivity index is 0.00000300. The fourth-order valence-corrected chi connectivity index (χ4v) is 3.22. The van der Waals surface area contributed by atoms with Gasteiger partial charge in [0.1, 0.15) is 5.75 Å². The van der Waals surface area contributed by atoms with Crippen molar-refractivity contribution in [1.82, 2.24) is 10.6 Å². The lowest BCUT2D eigenvalue weighted by atomic mass is 10.1. The third-order valence-corrected chi connectivity index (χ3v) is 4.67. The molecular formula is C22H30IN3O3. The Morgan fingerprint density at radius 2 is 1.93 bits per heavy atom. The molecule has 7 heteroatoms. The third kappa shape index (κ3) is 6.42. The van der Waals surface area contributed by atoms with Gasteiger partial charge >= 0.3 is 0 Å². The summed E-state index contributed by atoms with van der Waals surface area (Å²) in [5.74, 6) is 3.30. The molecule has 0 atom stereocenters. The molecule has 3 rings (SSSR count). The van der Waals surface area contributed by atoms with E-state index in [1.807, 2.05) is 25.1 Å². The van der Waals surface area contributed by atoms with Crippen LogP contribution in [0.2, 0.25) is 0 Å². The molecule has 2 aromatic carbocycles. The van der Waals surface area contributed by atoms with Crippen LogP contribution in [-0.4, -0.2) is 39.9 Å². The van der Waals surface area contributed by atoms with Crippen LogP contribution in [-0.2, 0) is 19.4 Å². The summed E-state index contributed by atoms with van der Waals surface area (Å²) in [4.78, 5) is 4.30. The molecule has 29 heavy (non-hydrogen) atoms. The van der Waals surface area contributed by atoms with Crippen LogP contribution in [0.3, 0.4) is 0 Å². The average molecular weight is 511 g/mol. The average Bonchev–Trinajstić information content (AvgIpc) is 3.19. The summed E-state index contributed by atoms with van der Waals surface area (Å²) < 4.78 is 16.5. The lowest BCUT2D eigenvalue weighted by Crippen LogP contribution is -2.37. The molecule has 2 aromatic rings. The smallest absolute Gasteiger partial charge is 0.191 e. The van der Waals surface area contributed by atoms with Crippen LogP contribution >= 0.6 is 24.0 Å². The van der Waals surface area contributed by atoms with Gasteiger partial charge in [0.2, 0.25) is 0 Å². The summed E-state index contributed by atoms with van der Waals surface area (Å²) in [6, 6.07) is 12.4. The highest BCUT2D eigenvalue weighted by molar-refractivity contribution is 14.0. The van der Waals surface area contributed by atoms with Gasteiger partial charge in [-0.25, -0.2) is 0 Å². The van der Waals surface area contributed by atoms with E-state index in [1.165, 1.54) is 11.1 Å². The van der Waals surface area contributed by atoms with E-state index < -0.39 is 0 Å². The number of methoxy groups -OCH3 is 1. The molecule has 6 nitrogen and oxygen atoms in total.